The summed E-state index contributed by atoms with van der Waals surface area (Å²) in [4.78, 5) is 14.2. The van der Waals surface area contributed by atoms with E-state index in [-0.39, 0.29) is 24.4 Å². The van der Waals surface area contributed by atoms with E-state index in [1.54, 1.807) is 54.4 Å². The molecule has 2 aromatic rings. The van der Waals surface area contributed by atoms with E-state index in [0.717, 1.165) is 25.9 Å². The first kappa shape index (κ1) is 18.4. The first-order valence-corrected chi connectivity index (χ1v) is 8.97. The highest BCUT2D eigenvalue weighted by Crippen LogP contribution is 2.18. The molecule has 138 valence electrons. The van der Waals surface area contributed by atoms with Crippen molar-refractivity contribution < 1.29 is 18.7 Å². The zero-order valence-electron chi connectivity index (χ0n) is 15.0. The van der Waals surface area contributed by atoms with Crippen LogP contribution in [0.25, 0.3) is 0 Å². The van der Waals surface area contributed by atoms with Crippen molar-refractivity contribution in [3.05, 3.63) is 65.5 Å². The van der Waals surface area contributed by atoms with E-state index in [9.17, 15) is 9.18 Å². The molecule has 0 aromatic heterocycles. The summed E-state index contributed by atoms with van der Waals surface area (Å²) in [6.07, 6.45) is 3.38. The lowest BCUT2D eigenvalue weighted by atomic mass is 10.1. The van der Waals surface area contributed by atoms with Crippen LogP contribution in [0, 0.1) is 5.82 Å². The molecule has 0 saturated carbocycles. The summed E-state index contributed by atoms with van der Waals surface area (Å²) in [5.74, 6) is 0.272. The Morgan fingerprint density at radius 1 is 1.19 bits per heavy atom. The Kier molecular flexibility index (Phi) is 6.23. The summed E-state index contributed by atoms with van der Waals surface area (Å²) in [7, 11) is 1.79. The second-order valence-corrected chi connectivity index (χ2v) is 6.58. The normalized spacial score (nSPS) is 16.9. The number of amides is 1. The molecule has 1 fully saturated rings. The van der Waals surface area contributed by atoms with Crippen molar-refractivity contribution >= 4 is 5.91 Å². The molecule has 1 atom stereocenters. The number of ether oxygens (including phenoxy) is 2. The first-order valence-electron chi connectivity index (χ1n) is 8.97. The molecule has 1 saturated heterocycles. The van der Waals surface area contributed by atoms with Crippen molar-refractivity contribution in [2.75, 3.05) is 20.2 Å². The SMILES string of the molecule is CN(C[C@H]1CCCCO1)C(=O)c1ccc(OCc2ccccc2F)cc1. The number of hydrogen-bond acceptors (Lipinski definition) is 3. The molecule has 5 heteroatoms. The Balaban J connectivity index is 1.54. The van der Waals surface area contributed by atoms with Crippen molar-refractivity contribution in [3.8, 4) is 5.75 Å². The Labute approximate surface area is 153 Å². The number of likely N-dealkylation sites (N-methyl/N-ethyl adjacent to an activating group) is 1. The van der Waals surface area contributed by atoms with Gasteiger partial charge in [0.25, 0.3) is 5.91 Å². The zero-order valence-corrected chi connectivity index (χ0v) is 15.0. The standard InChI is InChI=1S/C21H24FNO3/c1-23(14-19-7-4-5-13-25-19)21(24)16-9-11-18(12-10-16)26-15-17-6-2-3-8-20(17)22/h2-3,6,8-12,19H,4-5,7,13-15H2,1H3/t19-/m1/s1. The van der Waals surface area contributed by atoms with Gasteiger partial charge in [0.1, 0.15) is 18.2 Å². The van der Waals surface area contributed by atoms with Gasteiger partial charge in [0.05, 0.1) is 6.10 Å². The lowest BCUT2D eigenvalue weighted by Crippen LogP contribution is -2.37. The molecule has 1 heterocycles. The number of rotatable bonds is 6. The summed E-state index contributed by atoms with van der Waals surface area (Å²) in [6, 6.07) is 13.5. The van der Waals surface area contributed by atoms with Gasteiger partial charge in [-0.25, -0.2) is 4.39 Å². The third-order valence-electron chi connectivity index (χ3n) is 4.55. The maximum atomic E-state index is 13.6. The van der Waals surface area contributed by atoms with Gasteiger partial charge in [0.15, 0.2) is 0 Å². The molecule has 1 amide bonds. The minimum absolute atomic E-state index is 0.0418. The van der Waals surface area contributed by atoms with Crippen LogP contribution in [-0.4, -0.2) is 37.1 Å². The molecule has 1 aliphatic rings. The number of hydrogen-bond donors (Lipinski definition) is 0. The van der Waals surface area contributed by atoms with E-state index in [0.29, 0.717) is 23.4 Å². The number of carbonyl (C=O) groups is 1. The van der Waals surface area contributed by atoms with Crippen LogP contribution < -0.4 is 4.74 Å². The minimum Gasteiger partial charge on any atom is -0.489 e. The fourth-order valence-corrected chi connectivity index (χ4v) is 3.03. The molecular weight excluding hydrogens is 333 g/mol. The Morgan fingerprint density at radius 2 is 1.96 bits per heavy atom. The summed E-state index contributed by atoms with van der Waals surface area (Å²) < 4.78 is 24.9. The first-order chi connectivity index (χ1) is 12.6. The van der Waals surface area contributed by atoms with Crippen molar-refractivity contribution in [3.63, 3.8) is 0 Å². The smallest absolute Gasteiger partial charge is 0.253 e. The molecule has 0 spiro atoms. The van der Waals surface area contributed by atoms with E-state index in [1.807, 2.05) is 0 Å². The van der Waals surface area contributed by atoms with Crippen LogP contribution >= 0.6 is 0 Å². The number of carbonyl (C=O) groups excluding carboxylic acids is 1. The van der Waals surface area contributed by atoms with E-state index in [1.165, 1.54) is 6.07 Å². The van der Waals surface area contributed by atoms with Gasteiger partial charge in [0.2, 0.25) is 0 Å². The monoisotopic (exact) mass is 357 g/mol. The molecule has 0 aliphatic carbocycles. The molecule has 2 aromatic carbocycles. The van der Waals surface area contributed by atoms with Crippen molar-refractivity contribution in [2.24, 2.45) is 0 Å². The second-order valence-electron chi connectivity index (χ2n) is 6.58. The average Bonchev–Trinajstić information content (AvgIpc) is 2.68. The van der Waals surface area contributed by atoms with Gasteiger partial charge < -0.3 is 14.4 Å². The quantitative estimate of drug-likeness (QED) is 0.783. The highest BCUT2D eigenvalue weighted by molar-refractivity contribution is 5.94. The van der Waals surface area contributed by atoms with Crippen LogP contribution in [0.3, 0.4) is 0 Å². The average molecular weight is 357 g/mol. The molecule has 1 aliphatic heterocycles. The number of nitrogens with zero attached hydrogens (tertiary/aromatic N) is 1. The molecule has 0 radical (unpaired) electrons. The fourth-order valence-electron chi connectivity index (χ4n) is 3.03. The number of halogens is 1. The molecule has 4 nitrogen and oxygen atoms in total. The van der Waals surface area contributed by atoms with Crippen molar-refractivity contribution in [1.29, 1.82) is 0 Å². The van der Waals surface area contributed by atoms with Gasteiger partial charge in [0, 0.05) is 31.3 Å². The Bertz CT molecular complexity index is 726. The van der Waals surface area contributed by atoms with Crippen LogP contribution in [0.2, 0.25) is 0 Å². The van der Waals surface area contributed by atoms with E-state index in [2.05, 4.69) is 0 Å². The lowest BCUT2D eigenvalue weighted by Gasteiger charge is -2.27. The van der Waals surface area contributed by atoms with Crippen molar-refractivity contribution in [2.45, 2.75) is 32.0 Å². The van der Waals surface area contributed by atoms with Crippen LogP contribution in [0.4, 0.5) is 4.39 Å². The van der Waals surface area contributed by atoms with Gasteiger partial charge in [-0.15, -0.1) is 0 Å². The minimum atomic E-state index is -0.286. The van der Waals surface area contributed by atoms with Crippen LogP contribution in [0.5, 0.6) is 5.75 Å². The molecule has 26 heavy (non-hydrogen) atoms. The summed E-state index contributed by atoms with van der Waals surface area (Å²) in [5, 5.41) is 0. The molecule has 0 N–H and O–H groups in total. The molecule has 3 rings (SSSR count). The van der Waals surface area contributed by atoms with Gasteiger partial charge in [-0.05, 0) is 49.6 Å². The third kappa shape index (κ3) is 4.82. The number of benzene rings is 2. The van der Waals surface area contributed by atoms with Gasteiger partial charge in [-0.1, -0.05) is 18.2 Å². The van der Waals surface area contributed by atoms with Gasteiger partial charge in [-0.3, -0.25) is 4.79 Å². The second kappa shape index (κ2) is 8.81. The molecule has 0 bridgehead atoms. The van der Waals surface area contributed by atoms with Crippen LogP contribution in [-0.2, 0) is 11.3 Å². The van der Waals surface area contributed by atoms with Gasteiger partial charge in [-0.2, -0.15) is 0 Å². The predicted molar refractivity (Wildman–Crippen MR) is 97.7 cm³/mol. The van der Waals surface area contributed by atoms with Crippen LogP contribution in [0.1, 0.15) is 35.2 Å². The zero-order chi connectivity index (χ0) is 18.4. The molecular formula is C21H24FNO3. The lowest BCUT2D eigenvalue weighted by molar-refractivity contribution is -0.000188. The van der Waals surface area contributed by atoms with Crippen LogP contribution in [0.15, 0.2) is 48.5 Å². The fraction of sp³-hybridized carbons (Fsp3) is 0.381. The van der Waals surface area contributed by atoms with E-state index in [4.69, 9.17) is 9.47 Å². The summed E-state index contributed by atoms with van der Waals surface area (Å²) in [6.45, 7) is 1.53. The Hall–Kier alpha value is -2.40. The van der Waals surface area contributed by atoms with Gasteiger partial charge >= 0.3 is 0 Å². The topological polar surface area (TPSA) is 38.8 Å². The summed E-state index contributed by atoms with van der Waals surface area (Å²) in [5.41, 5.74) is 1.10. The van der Waals surface area contributed by atoms with Crippen molar-refractivity contribution in [1.82, 2.24) is 4.90 Å². The van der Waals surface area contributed by atoms with E-state index >= 15 is 0 Å². The highest BCUT2D eigenvalue weighted by Gasteiger charge is 2.19. The Morgan fingerprint density at radius 3 is 2.65 bits per heavy atom. The largest absolute Gasteiger partial charge is 0.489 e. The maximum absolute atomic E-state index is 13.6. The molecule has 0 unspecified atom stereocenters. The highest BCUT2D eigenvalue weighted by atomic mass is 19.1. The third-order valence-corrected chi connectivity index (χ3v) is 4.55. The maximum Gasteiger partial charge on any atom is 0.253 e. The van der Waals surface area contributed by atoms with E-state index < -0.39 is 0 Å². The predicted octanol–water partition coefficient (Wildman–Crippen LogP) is 4.05. The summed E-state index contributed by atoms with van der Waals surface area (Å²) >= 11 is 0.